The maximum Gasteiger partial charge on any atom is 0.171 e. The number of furan rings is 3. The van der Waals surface area contributed by atoms with E-state index in [1.165, 1.54) is 0 Å². The van der Waals surface area contributed by atoms with E-state index < -0.39 is 7.14 Å². The lowest BCUT2D eigenvalue weighted by molar-refractivity contribution is 0.592. The van der Waals surface area contributed by atoms with Crippen molar-refractivity contribution >= 4 is 133 Å². The molecule has 0 radical (unpaired) electrons. The van der Waals surface area contributed by atoms with Gasteiger partial charge in [0.25, 0.3) is 0 Å². The molecule has 574 valence electrons. The number of fused-ring (bicyclic) bond motifs is 16. The molecule has 12 heteroatoms. The first-order valence-corrected chi connectivity index (χ1v) is 42.3. The van der Waals surface area contributed by atoms with Crippen molar-refractivity contribution in [3.8, 4) is 95.9 Å². The molecule has 122 heavy (non-hydrogen) atoms. The Labute approximate surface area is 700 Å². The van der Waals surface area contributed by atoms with Crippen LogP contribution >= 0.6 is 7.14 Å². The number of para-hydroxylation sites is 8. The van der Waals surface area contributed by atoms with Crippen molar-refractivity contribution < 1.29 is 17.8 Å². The smallest absolute Gasteiger partial charge is 0.171 e. The summed E-state index contributed by atoms with van der Waals surface area (Å²) in [5.41, 5.74) is 24.7. The number of rotatable bonds is 12. The van der Waals surface area contributed by atoms with Crippen LogP contribution in [-0.4, -0.2) is 34.5 Å². The van der Waals surface area contributed by atoms with E-state index in [1.807, 2.05) is 249 Å². The second-order valence-corrected chi connectivity index (χ2v) is 33.0. The van der Waals surface area contributed by atoms with E-state index in [9.17, 15) is 0 Å². The Balaban J connectivity index is 0.000000110. The average molecular weight is 1580 g/mol. The lowest BCUT2D eigenvalue weighted by atomic mass is 9.98. The van der Waals surface area contributed by atoms with Crippen LogP contribution in [0.3, 0.4) is 0 Å². The van der Waals surface area contributed by atoms with Crippen LogP contribution in [0.1, 0.15) is 0 Å². The maximum atomic E-state index is 15.0. The van der Waals surface area contributed by atoms with E-state index in [4.69, 9.17) is 43.2 Å². The van der Waals surface area contributed by atoms with Gasteiger partial charge in [-0.05, 0) is 114 Å². The quantitative estimate of drug-likeness (QED) is 0.109. The number of hydrogen-bond donors (Lipinski definition) is 0. The fourth-order valence-corrected chi connectivity index (χ4v) is 19.7. The van der Waals surface area contributed by atoms with Crippen LogP contribution in [0.25, 0.3) is 205 Å². The monoisotopic (exact) mass is 1580 g/mol. The van der Waals surface area contributed by atoms with E-state index >= 15 is 4.57 Å². The second-order valence-electron chi connectivity index (χ2n) is 30.2. The van der Waals surface area contributed by atoms with Crippen LogP contribution in [-0.2, 0) is 4.57 Å². The van der Waals surface area contributed by atoms with Gasteiger partial charge in [0.2, 0.25) is 0 Å². The zero-order valence-electron chi connectivity index (χ0n) is 65.6. The molecule has 24 rings (SSSR count). The summed E-state index contributed by atoms with van der Waals surface area (Å²) in [5, 5.41) is 11.6. The van der Waals surface area contributed by atoms with Gasteiger partial charge < -0.3 is 17.8 Å². The van der Waals surface area contributed by atoms with Crippen molar-refractivity contribution in [1.82, 2.24) is 34.5 Å². The molecule has 8 heterocycles. The van der Waals surface area contributed by atoms with E-state index in [0.29, 0.717) is 5.82 Å². The van der Waals surface area contributed by atoms with Crippen LogP contribution in [0.4, 0.5) is 0 Å². The van der Waals surface area contributed by atoms with Crippen molar-refractivity contribution in [2.45, 2.75) is 0 Å². The van der Waals surface area contributed by atoms with Crippen molar-refractivity contribution in [1.29, 1.82) is 0 Å². The molecule has 0 fully saturated rings. The molecule has 0 bridgehead atoms. The van der Waals surface area contributed by atoms with E-state index in [0.717, 1.165) is 216 Å². The Hall–Kier alpha value is -16.1. The van der Waals surface area contributed by atoms with Crippen LogP contribution in [0.5, 0.6) is 0 Å². The van der Waals surface area contributed by atoms with Gasteiger partial charge >= 0.3 is 0 Å². The molecule has 0 spiro atoms. The largest absolute Gasteiger partial charge is 0.455 e. The third-order valence-electron chi connectivity index (χ3n) is 22.8. The summed E-state index contributed by atoms with van der Waals surface area (Å²) >= 11 is 0. The van der Waals surface area contributed by atoms with E-state index in [1.54, 1.807) is 0 Å². The van der Waals surface area contributed by atoms with Gasteiger partial charge in [0.1, 0.15) is 39.3 Å². The highest BCUT2D eigenvalue weighted by Crippen LogP contribution is 2.47. The number of aromatic nitrogens is 7. The molecule has 0 aliphatic carbocycles. The number of pyridine rings is 3. The average Bonchev–Trinajstić information content (AvgIpc) is 1.60. The highest BCUT2D eigenvalue weighted by atomic mass is 31.2. The summed E-state index contributed by atoms with van der Waals surface area (Å²) < 4.78 is 36.4. The summed E-state index contributed by atoms with van der Waals surface area (Å²) in [6.45, 7) is 0. The van der Waals surface area contributed by atoms with Gasteiger partial charge in [-0.3, -0.25) is 4.57 Å². The normalized spacial score (nSPS) is 11.6. The van der Waals surface area contributed by atoms with Crippen LogP contribution in [0.15, 0.2) is 438 Å². The Morgan fingerprint density at radius 3 is 1.06 bits per heavy atom. The summed E-state index contributed by atoms with van der Waals surface area (Å²) in [5.74, 6) is 1.62. The molecule has 0 saturated heterocycles. The molecule has 24 aromatic rings. The maximum absolute atomic E-state index is 15.0. The van der Waals surface area contributed by atoms with Crippen molar-refractivity contribution in [2.24, 2.45) is 0 Å². The SMILES string of the molecule is O=P(c1ccccc1)(c1ccccc1)c1cccc(-c2nc3ccccc3c3oc4ccccc4c23)c1.c1ccc(-c2cc(-c3cccc(-c4nc5ccccc5c5oc6ccccc6c45)c3)nc(-c3ccccc3)n2)cc1.c1ccc(-c2nc3ccccc3n2-c2ccc(-c3cccc(-c4nc5ccccc5c5oc6ccccc6c45)c3)cc2)cc1. The lowest BCUT2D eigenvalue weighted by Crippen LogP contribution is -2.25. The molecular weight excluding hydrogens is 1510 g/mol. The summed E-state index contributed by atoms with van der Waals surface area (Å²) in [4.78, 5) is 30.4. The van der Waals surface area contributed by atoms with Gasteiger partial charge in [-0.2, -0.15) is 0 Å². The first-order chi connectivity index (χ1) is 60.4. The molecule has 16 aromatic carbocycles. The number of imidazole rings is 1. The minimum absolute atomic E-state index is 0.694. The Bertz CT molecular complexity index is 8070. The topological polar surface area (TPSA) is 139 Å². The molecule has 0 aliphatic heterocycles. The highest BCUT2D eigenvalue weighted by molar-refractivity contribution is 7.85. The third kappa shape index (κ3) is 13.0. The number of benzene rings is 16. The number of nitrogens with zero attached hydrogens (tertiary/aromatic N) is 7. The third-order valence-corrected chi connectivity index (χ3v) is 25.9. The van der Waals surface area contributed by atoms with Gasteiger partial charge in [-0.1, -0.05) is 322 Å². The second kappa shape index (κ2) is 30.8. The lowest BCUT2D eigenvalue weighted by Gasteiger charge is -2.20. The van der Waals surface area contributed by atoms with Gasteiger partial charge in [0.15, 0.2) is 13.0 Å². The molecule has 8 aromatic heterocycles. The Morgan fingerprint density at radius 1 is 0.230 bits per heavy atom. The van der Waals surface area contributed by atoms with Gasteiger partial charge in [0, 0.05) is 92.9 Å². The van der Waals surface area contributed by atoms with Crippen LogP contribution in [0.2, 0.25) is 0 Å². The standard InChI is InChI=1S/C40H25N3O.C37H23N3O.C33H22NO2P/c1-2-11-27(12-3-1)40-42-34-18-7-8-19-35(34)43(40)30-23-21-26(22-24-30)28-13-10-14-29(25-28)38-37-32-16-5-9-20-36(32)44-39(37)31-15-4-6-17-33(31)41-38;1-3-12-24(13-4-1)31-23-32(40-37(39-31)25-14-5-2-6-15-25)26-16-11-17-27(22-26)35-34-29-19-8-10-21-33(29)41-36(34)28-18-7-9-20-30(28)38-35;35-37(24-13-3-1-4-14-24,25-15-5-2-6-16-25)26-17-11-12-23(22-26)32-31-28-19-8-10-21-30(28)36-33(31)27-18-7-9-20-29(27)34-32/h1-25H;1-23H;1-22H. The molecule has 0 atom stereocenters. The van der Waals surface area contributed by atoms with Crippen LogP contribution in [0, 0.1) is 0 Å². The van der Waals surface area contributed by atoms with Gasteiger partial charge in [-0.25, -0.2) is 29.9 Å². The molecule has 11 nitrogen and oxygen atoms in total. The minimum atomic E-state index is -3.12. The van der Waals surface area contributed by atoms with Crippen molar-refractivity contribution in [3.05, 3.63) is 425 Å². The molecular formula is C110H70N7O4P. The minimum Gasteiger partial charge on any atom is -0.455 e. The molecule has 0 unspecified atom stereocenters. The molecule has 0 N–H and O–H groups in total. The Kier molecular flexibility index (Phi) is 18.3. The summed E-state index contributed by atoms with van der Waals surface area (Å²) in [6.07, 6.45) is 0. The predicted octanol–water partition coefficient (Wildman–Crippen LogP) is 27.5. The van der Waals surface area contributed by atoms with Gasteiger partial charge in [-0.15, -0.1) is 0 Å². The molecule has 0 aliphatic rings. The van der Waals surface area contributed by atoms with Crippen LogP contribution < -0.4 is 15.9 Å². The molecule has 0 amide bonds. The Morgan fingerprint density at radius 2 is 0.574 bits per heavy atom. The highest BCUT2D eigenvalue weighted by Gasteiger charge is 2.31. The van der Waals surface area contributed by atoms with E-state index in [2.05, 4.69) is 180 Å². The fourth-order valence-electron chi connectivity index (χ4n) is 17.0. The fraction of sp³-hybridized carbons (Fsp3) is 0. The molecule has 0 saturated carbocycles. The zero-order valence-corrected chi connectivity index (χ0v) is 66.5. The zero-order chi connectivity index (χ0) is 81.0. The number of hydrogen-bond acceptors (Lipinski definition) is 10. The predicted molar refractivity (Wildman–Crippen MR) is 500 cm³/mol. The van der Waals surface area contributed by atoms with Crippen molar-refractivity contribution in [2.75, 3.05) is 0 Å². The van der Waals surface area contributed by atoms with E-state index in [-0.39, 0.29) is 0 Å². The summed E-state index contributed by atoms with van der Waals surface area (Å²) in [6, 6.07) is 143. The first-order valence-electron chi connectivity index (χ1n) is 40.6. The van der Waals surface area contributed by atoms with Crippen molar-refractivity contribution in [3.63, 3.8) is 0 Å². The first kappa shape index (κ1) is 72.4. The van der Waals surface area contributed by atoms with Gasteiger partial charge in [0.05, 0.1) is 72.2 Å². The summed E-state index contributed by atoms with van der Waals surface area (Å²) in [7, 11) is -3.12.